The molecule has 0 radical (unpaired) electrons. The molecule has 0 aliphatic rings. The van der Waals surface area contributed by atoms with E-state index in [4.69, 9.17) is 20.6 Å². The van der Waals surface area contributed by atoms with Gasteiger partial charge in [-0.3, -0.25) is 5.41 Å². The van der Waals surface area contributed by atoms with Crippen LogP contribution in [0.1, 0.15) is 26.7 Å². The van der Waals surface area contributed by atoms with Crippen molar-refractivity contribution >= 4 is 17.2 Å². The van der Waals surface area contributed by atoms with Gasteiger partial charge in [0.2, 0.25) is 0 Å². The monoisotopic (exact) mass is 305 g/mol. The molecule has 0 fully saturated rings. The summed E-state index contributed by atoms with van der Waals surface area (Å²) in [6.07, 6.45) is 0. The molecule has 2 rings (SSSR count). The normalized spacial score (nSPS) is 10.6. The van der Waals surface area contributed by atoms with Crippen molar-refractivity contribution in [3.63, 3.8) is 0 Å². The van der Waals surface area contributed by atoms with E-state index in [1.165, 1.54) is 11.3 Å². The second-order valence-corrected chi connectivity index (χ2v) is 5.87. The number of nitrogens with one attached hydrogen (secondary N) is 1. The Morgan fingerprint density at radius 3 is 2.76 bits per heavy atom. The van der Waals surface area contributed by atoms with Crippen molar-refractivity contribution in [1.29, 1.82) is 5.41 Å². The van der Waals surface area contributed by atoms with Gasteiger partial charge in [-0.15, -0.1) is 11.3 Å². The molecule has 21 heavy (non-hydrogen) atoms. The number of hydrogen-bond acceptors (Lipinski definition) is 5. The van der Waals surface area contributed by atoms with E-state index >= 15 is 0 Å². The Balaban J connectivity index is 2.14. The van der Waals surface area contributed by atoms with Gasteiger partial charge in [0.1, 0.15) is 23.2 Å². The number of nitrogen functional groups attached to an aromatic ring is 1. The number of thiazole rings is 1. The first-order chi connectivity index (χ1) is 10.0. The second kappa shape index (κ2) is 6.69. The smallest absolute Gasteiger partial charge is 0.140 e. The molecule has 0 spiro atoms. The highest BCUT2D eigenvalue weighted by Gasteiger charge is 2.14. The van der Waals surface area contributed by atoms with Crippen LogP contribution in [0.15, 0.2) is 18.2 Å². The van der Waals surface area contributed by atoms with Gasteiger partial charge in [-0.2, -0.15) is 0 Å². The van der Waals surface area contributed by atoms with Crippen LogP contribution in [0.2, 0.25) is 0 Å². The minimum absolute atomic E-state index is 0.0116. The zero-order valence-electron chi connectivity index (χ0n) is 12.4. The highest BCUT2D eigenvalue weighted by atomic mass is 32.1. The highest BCUT2D eigenvalue weighted by molar-refractivity contribution is 7.13. The van der Waals surface area contributed by atoms with Crippen LogP contribution < -0.4 is 10.5 Å². The topological polar surface area (TPSA) is 81.2 Å². The van der Waals surface area contributed by atoms with Crippen LogP contribution in [-0.2, 0) is 18.0 Å². The SMILES string of the molecule is COCc1nc(COc2cc(C)ccc2C)sc1C(=N)N. The first kappa shape index (κ1) is 15.5. The summed E-state index contributed by atoms with van der Waals surface area (Å²) in [5.74, 6) is 0.861. The molecule has 6 heteroatoms. The lowest BCUT2D eigenvalue weighted by atomic mass is 10.1. The fourth-order valence-electron chi connectivity index (χ4n) is 1.91. The number of ether oxygens (including phenoxy) is 2. The molecule has 0 unspecified atom stereocenters. The molecule has 3 N–H and O–H groups in total. The Labute approximate surface area is 128 Å². The third kappa shape index (κ3) is 3.80. The summed E-state index contributed by atoms with van der Waals surface area (Å²) in [6, 6.07) is 6.09. The molecule has 0 amide bonds. The van der Waals surface area contributed by atoms with Crippen LogP contribution in [0.4, 0.5) is 0 Å². The number of nitrogens with two attached hydrogens (primary N) is 1. The number of hydrogen-bond donors (Lipinski definition) is 2. The predicted molar refractivity (Wildman–Crippen MR) is 84.1 cm³/mol. The summed E-state index contributed by atoms with van der Waals surface area (Å²) >= 11 is 1.37. The molecular formula is C15H19N3O2S. The molecule has 0 bridgehead atoms. The molecule has 2 aromatic rings. The molecule has 1 aromatic carbocycles. The Morgan fingerprint density at radius 2 is 2.10 bits per heavy atom. The van der Waals surface area contributed by atoms with E-state index in [1.54, 1.807) is 7.11 Å². The van der Waals surface area contributed by atoms with Gasteiger partial charge >= 0.3 is 0 Å². The Kier molecular flexibility index (Phi) is 4.93. The number of rotatable bonds is 6. The number of methoxy groups -OCH3 is 1. The molecule has 112 valence electrons. The molecule has 0 saturated carbocycles. The average Bonchev–Trinajstić information content (AvgIpc) is 2.84. The maximum atomic E-state index is 7.58. The van der Waals surface area contributed by atoms with Crippen LogP contribution in [0.5, 0.6) is 5.75 Å². The van der Waals surface area contributed by atoms with Crippen molar-refractivity contribution in [2.45, 2.75) is 27.1 Å². The van der Waals surface area contributed by atoms with Gasteiger partial charge in [-0.1, -0.05) is 12.1 Å². The van der Waals surface area contributed by atoms with Gasteiger partial charge in [-0.05, 0) is 31.0 Å². The third-order valence-corrected chi connectivity index (χ3v) is 4.07. The number of benzene rings is 1. The van der Waals surface area contributed by atoms with Crippen molar-refractivity contribution < 1.29 is 9.47 Å². The van der Waals surface area contributed by atoms with Crippen molar-refractivity contribution in [3.05, 3.63) is 44.9 Å². The van der Waals surface area contributed by atoms with E-state index in [0.29, 0.717) is 23.8 Å². The lowest BCUT2D eigenvalue weighted by Gasteiger charge is -2.08. The van der Waals surface area contributed by atoms with E-state index in [9.17, 15) is 0 Å². The van der Waals surface area contributed by atoms with Crippen molar-refractivity contribution in [3.8, 4) is 5.75 Å². The number of aryl methyl sites for hydroxylation is 2. The summed E-state index contributed by atoms with van der Waals surface area (Å²) in [5, 5.41) is 8.36. The van der Waals surface area contributed by atoms with E-state index in [-0.39, 0.29) is 5.84 Å². The van der Waals surface area contributed by atoms with Gasteiger partial charge in [0, 0.05) is 7.11 Å². The maximum absolute atomic E-state index is 7.58. The quantitative estimate of drug-likeness (QED) is 0.635. The third-order valence-electron chi connectivity index (χ3n) is 2.96. The Hall–Kier alpha value is -1.92. The van der Waals surface area contributed by atoms with Crippen LogP contribution in [0.25, 0.3) is 0 Å². The molecule has 0 aliphatic heterocycles. The number of aromatic nitrogens is 1. The molecule has 0 saturated heterocycles. The van der Waals surface area contributed by atoms with Crippen LogP contribution >= 0.6 is 11.3 Å². The molecule has 0 atom stereocenters. The van der Waals surface area contributed by atoms with Gasteiger partial charge in [0.05, 0.1) is 17.2 Å². The van der Waals surface area contributed by atoms with Gasteiger partial charge in [0.15, 0.2) is 0 Å². The minimum Gasteiger partial charge on any atom is -0.486 e. The van der Waals surface area contributed by atoms with Crippen molar-refractivity contribution in [2.75, 3.05) is 7.11 Å². The Bertz CT molecular complexity index is 652. The second-order valence-electron chi connectivity index (χ2n) is 4.79. The van der Waals surface area contributed by atoms with E-state index in [1.807, 2.05) is 26.0 Å². The van der Waals surface area contributed by atoms with Crippen LogP contribution in [-0.4, -0.2) is 17.9 Å². The fraction of sp³-hybridized carbons (Fsp3) is 0.333. The maximum Gasteiger partial charge on any atom is 0.140 e. The van der Waals surface area contributed by atoms with Crippen LogP contribution in [0.3, 0.4) is 0 Å². The minimum atomic E-state index is 0.0116. The lowest BCUT2D eigenvalue weighted by Crippen LogP contribution is -2.11. The Morgan fingerprint density at radius 1 is 1.33 bits per heavy atom. The van der Waals surface area contributed by atoms with E-state index in [0.717, 1.165) is 21.9 Å². The first-order valence-corrected chi connectivity index (χ1v) is 7.35. The predicted octanol–water partition coefficient (Wildman–Crippen LogP) is 2.77. The van der Waals surface area contributed by atoms with Gasteiger partial charge < -0.3 is 15.2 Å². The summed E-state index contributed by atoms with van der Waals surface area (Å²) in [6.45, 7) is 4.74. The summed E-state index contributed by atoms with van der Waals surface area (Å²) in [4.78, 5) is 5.09. The average molecular weight is 305 g/mol. The van der Waals surface area contributed by atoms with E-state index in [2.05, 4.69) is 11.1 Å². The molecule has 5 nitrogen and oxygen atoms in total. The van der Waals surface area contributed by atoms with E-state index < -0.39 is 0 Å². The molecule has 1 aromatic heterocycles. The van der Waals surface area contributed by atoms with Gasteiger partial charge in [-0.25, -0.2) is 4.98 Å². The standard InChI is InChI=1S/C15H19N3O2S/c1-9-4-5-10(2)12(6-9)20-8-13-18-11(7-19-3)14(21-13)15(16)17/h4-6H,7-8H2,1-3H3,(H3,16,17). The number of amidine groups is 1. The lowest BCUT2D eigenvalue weighted by molar-refractivity contribution is 0.181. The summed E-state index contributed by atoms with van der Waals surface area (Å²) in [5.41, 5.74) is 8.49. The zero-order chi connectivity index (χ0) is 15.4. The number of nitrogens with zero attached hydrogens (tertiary/aromatic N) is 1. The zero-order valence-corrected chi connectivity index (χ0v) is 13.2. The first-order valence-electron chi connectivity index (χ1n) is 6.53. The summed E-state index contributed by atoms with van der Waals surface area (Å²) < 4.78 is 10.9. The summed E-state index contributed by atoms with van der Waals surface area (Å²) in [7, 11) is 1.59. The largest absolute Gasteiger partial charge is 0.486 e. The molecule has 1 heterocycles. The molecule has 0 aliphatic carbocycles. The van der Waals surface area contributed by atoms with Gasteiger partial charge in [0.25, 0.3) is 0 Å². The molecular weight excluding hydrogens is 286 g/mol. The van der Waals surface area contributed by atoms with Crippen LogP contribution in [0, 0.1) is 19.3 Å². The highest BCUT2D eigenvalue weighted by Crippen LogP contribution is 2.23. The van der Waals surface area contributed by atoms with Crippen molar-refractivity contribution in [2.24, 2.45) is 5.73 Å². The fourth-order valence-corrected chi connectivity index (χ4v) is 2.75. The van der Waals surface area contributed by atoms with Crippen molar-refractivity contribution in [1.82, 2.24) is 4.98 Å².